The highest BCUT2D eigenvalue weighted by atomic mass is 16.1. The van der Waals surface area contributed by atoms with Gasteiger partial charge in [0.2, 0.25) is 5.95 Å². The molecule has 0 saturated carbocycles. The van der Waals surface area contributed by atoms with Gasteiger partial charge < -0.3 is 5.32 Å². The Balaban J connectivity index is 1.37. The first-order valence-corrected chi connectivity index (χ1v) is 9.54. The minimum atomic E-state index is -0.131. The fourth-order valence-corrected chi connectivity index (χ4v) is 3.56. The Bertz CT molecular complexity index is 947. The standard InChI is InChI=1S/C20H24N6O/c27-19-13-17(8-12-26-18-4-2-1-3-16(18)14-23-26)24-20(25-19)22-11-7-15-5-9-21-10-6-15/h5-6,9-10,13-14H,1-4,7-8,11-12H2,(H2,22,24,25,27). The van der Waals surface area contributed by atoms with Gasteiger partial charge in [0.1, 0.15) is 0 Å². The lowest BCUT2D eigenvalue weighted by Gasteiger charge is -2.14. The van der Waals surface area contributed by atoms with Crippen LogP contribution in [0.5, 0.6) is 0 Å². The van der Waals surface area contributed by atoms with Gasteiger partial charge in [-0.1, -0.05) is 0 Å². The van der Waals surface area contributed by atoms with E-state index in [1.165, 1.54) is 29.7 Å². The summed E-state index contributed by atoms with van der Waals surface area (Å²) in [7, 11) is 0. The predicted octanol–water partition coefficient (Wildman–Crippen LogP) is 2.14. The van der Waals surface area contributed by atoms with Gasteiger partial charge in [0, 0.05) is 43.7 Å². The quantitative estimate of drug-likeness (QED) is 0.670. The lowest BCUT2D eigenvalue weighted by molar-refractivity contribution is 0.553. The second-order valence-electron chi connectivity index (χ2n) is 6.91. The maximum atomic E-state index is 12.0. The molecule has 3 aromatic rings. The molecule has 0 amide bonds. The topological polar surface area (TPSA) is 88.5 Å². The molecular formula is C20H24N6O. The number of nitrogens with one attached hydrogen (secondary N) is 2. The molecule has 7 heteroatoms. The maximum absolute atomic E-state index is 12.0. The number of aromatic nitrogens is 5. The smallest absolute Gasteiger partial charge is 0.252 e. The molecule has 0 saturated heterocycles. The van der Waals surface area contributed by atoms with Gasteiger partial charge in [0.05, 0.1) is 11.9 Å². The zero-order chi connectivity index (χ0) is 18.5. The van der Waals surface area contributed by atoms with Crippen LogP contribution in [-0.4, -0.2) is 31.3 Å². The van der Waals surface area contributed by atoms with Gasteiger partial charge in [-0.3, -0.25) is 19.4 Å². The molecular weight excluding hydrogens is 340 g/mol. The number of H-pyrrole nitrogens is 1. The van der Waals surface area contributed by atoms with Crippen molar-refractivity contribution in [3.05, 3.63) is 69.7 Å². The molecule has 3 heterocycles. The van der Waals surface area contributed by atoms with Crippen molar-refractivity contribution in [1.82, 2.24) is 24.7 Å². The van der Waals surface area contributed by atoms with E-state index in [0.29, 0.717) is 18.9 Å². The summed E-state index contributed by atoms with van der Waals surface area (Å²) < 4.78 is 2.08. The van der Waals surface area contributed by atoms with Gasteiger partial charge in [-0.2, -0.15) is 5.10 Å². The Labute approximate surface area is 157 Å². The van der Waals surface area contributed by atoms with Crippen LogP contribution in [0.25, 0.3) is 0 Å². The SMILES string of the molecule is O=c1cc(CCn2ncc3c2CCCC3)nc(NCCc2ccncc2)[nH]1. The molecule has 0 spiro atoms. The van der Waals surface area contributed by atoms with Crippen molar-refractivity contribution in [3.8, 4) is 0 Å². The zero-order valence-electron chi connectivity index (χ0n) is 15.3. The molecule has 4 rings (SSSR count). The second-order valence-corrected chi connectivity index (χ2v) is 6.91. The summed E-state index contributed by atoms with van der Waals surface area (Å²) >= 11 is 0. The third kappa shape index (κ3) is 4.42. The highest BCUT2D eigenvalue weighted by molar-refractivity contribution is 5.26. The first-order valence-electron chi connectivity index (χ1n) is 9.54. The van der Waals surface area contributed by atoms with Gasteiger partial charge in [0.25, 0.3) is 5.56 Å². The Hall–Kier alpha value is -2.96. The van der Waals surface area contributed by atoms with Crippen LogP contribution in [0.3, 0.4) is 0 Å². The van der Waals surface area contributed by atoms with Crippen LogP contribution < -0.4 is 10.9 Å². The maximum Gasteiger partial charge on any atom is 0.252 e. The molecule has 0 unspecified atom stereocenters. The van der Waals surface area contributed by atoms with Crippen molar-refractivity contribution >= 4 is 5.95 Å². The summed E-state index contributed by atoms with van der Waals surface area (Å²) in [6, 6.07) is 5.54. The average Bonchev–Trinajstić information content (AvgIpc) is 3.10. The molecule has 0 atom stereocenters. The van der Waals surface area contributed by atoms with Crippen molar-refractivity contribution in [2.24, 2.45) is 0 Å². The van der Waals surface area contributed by atoms with Crippen molar-refractivity contribution in [2.75, 3.05) is 11.9 Å². The van der Waals surface area contributed by atoms with E-state index in [1.807, 2.05) is 18.3 Å². The van der Waals surface area contributed by atoms with E-state index in [9.17, 15) is 4.79 Å². The van der Waals surface area contributed by atoms with Gasteiger partial charge >= 0.3 is 0 Å². The minimum Gasteiger partial charge on any atom is -0.355 e. The van der Waals surface area contributed by atoms with Crippen molar-refractivity contribution in [1.29, 1.82) is 0 Å². The normalized spacial score (nSPS) is 13.3. The highest BCUT2D eigenvalue weighted by Crippen LogP contribution is 2.20. The minimum absolute atomic E-state index is 0.131. The molecule has 3 aromatic heterocycles. The molecule has 0 aromatic carbocycles. The van der Waals surface area contributed by atoms with Crippen molar-refractivity contribution in [3.63, 3.8) is 0 Å². The first kappa shape index (κ1) is 17.5. The third-order valence-corrected chi connectivity index (χ3v) is 4.97. The van der Waals surface area contributed by atoms with Gasteiger partial charge in [-0.25, -0.2) is 4.98 Å². The Kier molecular flexibility index (Phi) is 5.27. The van der Waals surface area contributed by atoms with Crippen LogP contribution in [0.1, 0.15) is 35.4 Å². The zero-order valence-corrected chi connectivity index (χ0v) is 15.3. The molecule has 0 radical (unpaired) electrons. The summed E-state index contributed by atoms with van der Waals surface area (Å²) in [5.41, 5.74) is 4.57. The van der Waals surface area contributed by atoms with E-state index < -0.39 is 0 Å². The summed E-state index contributed by atoms with van der Waals surface area (Å²) in [6.45, 7) is 1.45. The first-order chi connectivity index (χ1) is 13.3. The molecule has 1 aliphatic rings. The van der Waals surface area contributed by atoms with E-state index in [0.717, 1.165) is 31.5 Å². The van der Waals surface area contributed by atoms with Crippen LogP contribution in [0.4, 0.5) is 5.95 Å². The molecule has 0 aliphatic heterocycles. The van der Waals surface area contributed by atoms with E-state index >= 15 is 0 Å². The summed E-state index contributed by atoms with van der Waals surface area (Å²) in [6.07, 6.45) is 11.8. The van der Waals surface area contributed by atoms with E-state index in [1.54, 1.807) is 18.5 Å². The van der Waals surface area contributed by atoms with Crippen LogP contribution in [0, 0.1) is 0 Å². The number of rotatable bonds is 7. The number of hydrogen-bond donors (Lipinski definition) is 2. The van der Waals surface area contributed by atoms with Crippen LogP contribution >= 0.6 is 0 Å². The number of aromatic amines is 1. The fraction of sp³-hybridized carbons (Fsp3) is 0.400. The highest BCUT2D eigenvalue weighted by Gasteiger charge is 2.15. The Morgan fingerprint density at radius 2 is 2.00 bits per heavy atom. The number of anilines is 1. The molecule has 0 bridgehead atoms. The number of pyridine rings is 1. The molecule has 7 nitrogen and oxygen atoms in total. The lowest BCUT2D eigenvalue weighted by atomic mass is 9.98. The summed E-state index contributed by atoms with van der Waals surface area (Å²) in [5, 5.41) is 7.73. The second kappa shape index (κ2) is 8.16. The van der Waals surface area contributed by atoms with E-state index in [4.69, 9.17) is 0 Å². The lowest BCUT2D eigenvalue weighted by Crippen LogP contribution is -2.17. The summed E-state index contributed by atoms with van der Waals surface area (Å²) in [5.74, 6) is 0.522. The van der Waals surface area contributed by atoms with Gasteiger partial charge in [0.15, 0.2) is 0 Å². The molecule has 27 heavy (non-hydrogen) atoms. The Morgan fingerprint density at radius 1 is 1.15 bits per heavy atom. The number of fused-ring (bicyclic) bond motifs is 1. The fourth-order valence-electron chi connectivity index (χ4n) is 3.56. The van der Waals surface area contributed by atoms with E-state index in [-0.39, 0.29) is 5.56 Å². The van der Waals surface area contributed by atoms with Gasteiger partial charge in [-0.05, 0) is 55.4 Å². The molecule has 1 aliphatic carbocycles. The monoisotopic (exact) mass is 364 g/mol. The largest absolute Gasteiger partial charge is 0.355 e. The van der Waals surface area contributed by atoms with Crippen LogP contribution in [0.2, 0.25) is 0 Å². The number of nitrogens with zero attached hydrogens (tertiary/aromatic N) is 4. The van der Waals surface area contributed by atoms with E-state index in [2.05, 4.69) is 30.0 Å². The summed E-state index contributed by atoms with van der Waals surface area (Å²) in [4.78, 5) is 23.3. The molecule has 140 valence electrons. The van der Waals surface area contributed by atoms with Crippen molar-refractivity contribution in [2.45, 2.75) is 45.1 Å². The molecule has 2 N–H and O–H groups in total. The number of aryl methyl sites for hydroxylation is 3. The third-order valence-electron chi connectivity index (χ3n) is 4.97. The predicted molar refractivity (Wildman–Crippen MR) is 104 cm³/mol. The van der Waals surface area contributed by atoms with Crippen LogP contribution in [-0.2, 0) is 32.2 Å². The van der Waals surface area contributed by atoms with Crippen molar-refractivity contribution < 1.29 is 0 Å². The average molecular weight is 364 g/mol. The van der Waals surface area contributed by atoms with Crippen LogP contribution in [0.15, 0.2) is 41.6 Å². The van der Waals surface area contributed by atoms with Gasteiger partial charge in [-0.15, -0.1) is 0 Å². The Morgan fingerprint density at radius 3 is 2.89 bits per heavy atom. The molecule has 0 fully saturated rings. The number of hydrogen-bond acceptors (Lipinski definition) is 5.